The number of nitrogens with zero attached hydrogens (tertiary/aromatic N) is 2. The zero-order valence-electron chi connectivity index (χ0n) is 9.09. The molecule has 0 N–H and O–H groups in total. The Kier molecular flexibility index (Phi) is 2.96. The van der Waals surface area contributed by atoms with E-state index in [0.717, 1.165) is 35.8 Å². The first-order valence-corrected chi connectivity index (χ1v) is 6.07. The summed E-state index contributed by atoms with van der Waals surface area (Å²) >= 11 is 3.56. The summed E-state index contributed by atoms with van der Waals surface area (Å²) in [6.45, 7) is 1.99. The molecule has 2 rings (SSSR count). The predicted molar refractivity (Wildman–Crippen MR) is 61.7 cm³/mol. The van der Waals surface area contributed by atoms with Crippen LogP contribution < -0.4 is 0 Å². The van der Waals surface area contributed by atoms with Gasteiger partial charge in [-0.15, -0.1) is 0 Å². The highest BCUT2D eigenvalue weighted by Crippen LogP contribution is 2.29. The summed E-state index contributed by atoms with van der Waals surface area (Å²) in [4.78, 5) is 11.2. The summed E-state index contributed by atoms with van der Waals surface area (Å²) in [6, 6.07) is 0. The van der Waals surface area contributed by atoms with Crippen molar-refractivity contribution in [3.63, 3.8) is 0 Å². The lowest BCUT2D eigenvalue weighted by Gasteiger charge is -2.08. The van der Waals surface area contributed by atoms with Crippen LogP contribution in [0.15, 0.2) is 4.47 Å². The second-order valence-electron chi connectivity index (χ2n) is 4.32. The molecule has 0 amide bonds. The van der Waals surface area contributed by atoms with Crippen molar-refractivity contribution < 1.29 is 4.79 Å². The average molecular weight is 271 g/mol. The maximum absolute atomic E-state index is 11.2. The van der Waals surface area contributed by atoms with Crippen molar-refractivity contribution >= 4 is 21.7 Å². The normalized spacial score (nSPS) is 21.3. The Morgan fingerprint density at radius 2 is 2.33 bits per heavy atom. The Bertz CT molecular complexity index is 398. The molecule has 1 saturated carbocycles. The van der Waals surface area contributed by atoms with E-state index in [4.69, 9.17) is 0 Å². The van der Waals surface area contributed by atoms with Crippen LogP contribution in [0, 0.1) is 12.8 Å². The van der Waals surface area contributed by atoms with Crippen molar-refractivity contribution in [3.05, 3.63) is 15.9 Å². The number of Topliss-reactive ketones (excluding diaryl/α,β-unsaturated/α-hetero) is 1. The first kappa shape index (κ1) is 10.9. The van der Waals surface area contributed by atoms with Crippen molar-refractivity contribution in [3.8, 4) is 0 Å². The fourth-order valence-electron chi connectivity index (χ4n) is 2.24. The molecule has 3 nitrogen and oxygen atoms in total. The Balaban J connectivity index is 2.13. The molecule has 15 heavy (non-hydrogen) atoms. The summed E-state index contributed by atoms with van der Waals surface area (Å²) in [5, 5.41) is 4.36. The van der Waals surface area contributed by atoms with Gasteiger partial charge in [0, 0.05) is 19.9 Å². The topological polar surface area (TPSA) is 34.9 Å². The molecule has 1 heterocycles. The van der Waals surface area contributed by atoms with Crippen molar-refractivity contribution in [2.75, 3.05) is 0 Å². The van der Waals surface area contributed by atoms with E-state index >= 15 is 0 Å². The summed E-state index contributed by atoms with van der Waals surface area (Å²) in [7, 11) is 1.96. The van der Waals surface area contributed by atoms with Crippen LogP contribution in [0.3, 0.4) is 0 Å². The molecule has 0 bridgehead atoms. The minimum Gasteiger partial charge on any atom is -0.300 e. The highest BCUT2D eigenvalue weighted by molar-refractivity contribution is 9.10. The molecule has 1 aliphatic rings. The van der Waals surface area contributed by atoms with Gasteiger partial charge in [0.2, 0.25) is 0 Å². The van der Waals surface area contributed by atoms with Crippen molar-refractivity contribution in [2.24, 2.45) is 13.0 Å². The molecule has 1 unspecified atom stereocenters. The van der Waals surface area contributed by atoms with E-state index in [9.17, 15) is 4.79 Å². The van der Waals surface area contributed by atoms with Crippen LogP contribution in [-0.4, -0.2) is 15.6 Å². The van der Waals surface area contributed by atoms with Gasteiger partial charge >= 0.3 is 0 Å². The molecule has 0 aliphatic heterocycles. The maximum atomic E-state index is 11.2. The quantitative estimate of drug-likeness (QED) is 0.827. The number of hydrogen-bond acceptors (Lipinski definition) is 2. The smallest absolute Gasteiger partial charge is 0.133 e. The van der Waals surface area contributed by atoms with Crippen molar-refractivity contribution in [1.82, 2.24) is 9.78 Å². The van der Waals surface area contributed by atoms with E-state index in [1.807, 2.05) is 18.7 Å². The zero-order chi connectivity index (χ0) is 11.0. The van der Waals surface area contributed by atoms with Crippen LogP contribution in [0.1, 0.15) is 30.7 Å². The number of ketones is 1. The molecule has 1 aliphatic carbocycles. The van der Waals surface area contributed by atoms with E-state index in [0.29, 0.717) is 11.7 Å². The number of aryl methyl sites for hydroxylation is 2. The lowest BCUT2D eigenvalue weighted by molar-refractivity contribution is -0.117. The van der Waals surface area contributed by atoms with Crippen LogP contribution in [-0.2, 0) is 18.3 Å². The van der Waals surface area contributed by atoms with E-state index in [1.165, 1.54) is 5.69 Å². The van der Waals surface area contributed by atoms with Gasteiger partial charge in [-0.1, -0.05) is 0 Å². The molecule has 1 aromatic heterocycles. The van der Waals surface area contributed by atoms with Crippen molar-refractivity contribution in [2.45, 2.75) is 32.6 Å². The van der Waals surface area contributed by atoms with Gasteiger partial charge in [0.05, 0.1) is 15.9 Å². The van der Waals surface area contributed by atoms with Gasteiger partial charge in [-0.05, 0) is 41.6 Å². The number of carbonyl (C=O) groups is 1. The molecule has 4 heteroatoms. The first-order valence-electron chi connectivity index (χ1n) is 5.27. The van der Waals surface area contributed by atoms with Crippen LogP contribution in [0.4, 0.5) is 0 Å². The number of halogens is 1. The second-order valence-corrected chi connectivity index (χ2v) is 5.11. The lowest BCUT2D eigenvalue weighted by Crippen LogP contribution is -2.06. The lowest BCUT2D eigenvalue weighted by atomic mass is 10.0. The molecule has 0 radical (unpaired) electrons. The molecule has 1 aromatic rings. The summed E-state index contributed by atoms with van der Waals surface area (Å²) in [5.74, 6) is 0.929. The number of rotatable bonds is 2. The van der Waals surface area contributed by atoms with Gasteiger partial charge in [0.25, 0.3) is 0 Å². The number of hydrogen-bond donors (Lipinski definition) is 0. The fraction of sp³-hybridized carbons (Fsp3) is 0.636. The van der Waals surface area contributed by atoms with Crippen molar-refractivity contribution in [1.29, 1.82) is 0 Å². The Labute approximate surface area is 98.0 Å². The predicted octanol–water partition coefficient (Wildman–Crippen LogP) is 2.40. The fourth-order valence-corrected chi connectivity index (χ4v) is 2.74. The molecule has 1 atom stereocenters. The monoisotopic (exact) mass is 270 g/mol. The van der Waals surface area contributed by atoms with E-state index < -0.39 is 0 Å². The van der Waals surface area contributed by atoms with Gasteiger partial charge in [-0.3, -0.25) is 9.48 Å². The maximum Gasteiger partial charge on any atom is 0.133 e. The number of carbonyl (C=O) groups excluding carboxylic acids is 1. The molecular formula is C11H15BrN2O. The summed E-state index contributed by atoms with van der Waals surface area (Å²) in [6.07, 6.45) is 3.51. The minimum atomic E-state index is 0.412. The SMILES string of the molecule is Cc1nn(C)c(CC2CCC(=O)C2)c1Br. The Hall–Kier alpha value is -0.640. The Morgan fingerprint density at radius 3 is 2.80 bits per heavy atom. The zero-order valence-corrected chi connectivity index (χ0v) is 10.7. The van der Waals surface area contributed by atoms with E-state index in [1.54, 1.807) is 0 Å². The molecule has 1 fully saturated rings. The third-order valence-electron chi connectivity index (χ3n) is 3.09. The third kappa shape index (κ3) is 2.14. The van der Waals surface area contributed by atoms with Crippen LogP contribution >= 0.6 is 15.9 Å². The van der Waals surface area contributed by atoms with Gasteiger partial charge in [-0.2, -0.15) is 5.10 Å². The van der Waals surface area contributed by atoms with Crippen LogP contribution in [0.5, 0.6) is 0 Å². The standard InChI is InChI=1S/C11H15BrN2O/c1-7-11(12)10(14(2)13-7)6-8-3-4-9(15)5-8/h8H,3-6H2,1-2H3. The van der Waals surface area contributed by atoms with E-state index in [2.05, 4.69) is 21.0 Å². The van der Waals surface area contributed by atoms with Gasteiger partial charge in [-0.25, -0.2) is 0 Å². The molecule has 82 valence electrons. The molecule has 0 aromatic carbocycles. The van der Waals surface area contributed by atoms with E-state index in [-0.39, 0.29) is 0 Å². The first-order chi connectivity index (χ1) is 7.08. The Morgan fingerprint density at radius 1 is 1.60 bits per heavy atom. The highest BCUT2D eigenvalue weighted by Gasteiger charge is 2.24. The second kappa shape index (κ2) is 4.08. The number of aromatic nitrogens is 2. The van der Waals surface area contributed by atoms with Gasteiger partial charge in [0.15, 0.2) is 0 Å². The van der Waals surface area contributed by atoms with Crippen LogP contribution in [0.25, 0.3) is 0 Å². The molecule has 0 spiro atoms. The summed E-state index contributed by atoms with van der Waals surface area (Å²) < 4.78 is 3.02. The minimum absolute atomic E-state index is 0.412. The van der Waals surface area contributed by atoms with Gasteiger partial charge in [0.1, 0.15) is 5.78 Å². The largest absolute Gasteiger partial charge is 0.300 e. The molecular weight excluding hydrogens is 256 g/mol. The molecule has 0 saturated heterocycles. The highest BCUT2D eigenvalue weighted by atomic mass is 79.9. The average Bonchev–Trinajstić information content (AvgIpc) is 2.67. The van der Waals surface area contributed by atoms with Crippen LogP contribution in [0.2, 0.25) is 0 Å². The summed E-state index contributed by atoms with van der Waals surface area (Å²) in [5.41, 5.74) is 2.24. The third-order valence-corrected chi connectivity index (χ3v) is 4.12. The van der Waals surface area contributed by atoms with Gasteiger partial charge < -0.3 is 0 Å².